The first-order valence-electron chi connectivity index (χ1n) is 13.4. The van der Waals surface area contributed by atoms with Crippen molar-refractivity contribution in [3.8, 4) is 0 Å². The van der Waals surface area contributed by atoms with Crippen molar-refractivity contribution >= 4 is 50.7 Å². The van der Waals surface area contributed by atoms with Crippen LogP contribution in [0.4, 0.5) is 5.69 Å². The Hall–Kier alpha value is -3.85. The molecule has 4 aromatic carbocycles. The second-order valence-electron chi connectivity index (χ2n) is 9.49. The Balaban J connectivity index is 1.81. The number of halogens is 2. The number of anilines is 1. The summed E-state index contributed by atoms with van der Waals surface area (Å²) < 4.78 is 28.9. The van der Waals surface area contributed by atoms with E-state index in [1.165, 1.54) is 17.0 Å². The van der Waals surface area contributed by atoms with Gasteiger partial charge >= 0.3 is 0 Å². The van der Waals surface area contributed by atoms with Crippen molar-refractivity contribution < 1.29 is 18.0 Å². The number of hydrogen-bond acceptors (Lipinski definition) is 4. The summed E-state index contributed by atoms with van der Waals surface area (Å²) in [4.78, 5) is 29.2. The van der Waals surface area contributed by atoms with Crippen molar-refractivity contribution in [2.24, 2.45) is 0 Å². The molecule has 218 valence electrons. The van der Waals surface area contributed by atoms with Crippen LogP contribution < -0.4 is 9.62 Å². The zero-order valence-corrected chi connectivity index (χ0v) is 25.3. The van der Waals surface area contributed by atoms with Crippen molar-refractivity contribution in [3.05, 3.63) is 130 Å². The quantitative estimate of drug-likeness (QED) is 0.211. The molecule has 0 unspecified atom stereocenters. The number of likely N-dealkylation sites (N-methyl/N-ethyl adjacent to an activating group) is 1. The number of nitrogens with zero attached hydrogens (tertiary/aromatic N) is 2. The molecule has 0 aliphatic carbocycles. The van der Waals surface area contributed by atoms with E-state index in [9.17, 15) is 18.0 Å². The molecule has 7 nitrogen and oxygen atoms in total. The van der Waals surface area contributed by atoms with Crippen LogP contribution in [0.15, 0.2) is 114 Å². The van der Waals surface area contributed by atoms with E-state index >= 15 is 0 Å². The standard InChI is InChI=1S/C32H31Cl2N3O4S/c1-2-35-32(39)30(21-24-13-5-3-6-14-24)36(22-25-15-9-10-18-27(25)33)31(38)23-37(29-20-12-11-19-28(29)34)42(40,41)26-16-7-4-8-17-26/h3-20,30H,2,21-23H2,1H3,(H,35,39)/t30-/m0/s1. The average molecular weight is 625 g/mol. The van der Waals surface area contributed by atoms with Crippen LogP contribution in [0.1, 0.15) is 18.1 Å². The number of hydrogen-bond donors (Lipinski definition) is 1. The fraction of sp³-hybridized carbons (Fsp3) is 0.188. The fourth-order valence-electron chi connectivity index (χ4n) is 4.54. The maximum atomic E-state index is 14.3. The van der Waals surface area contributed by atoms with Gasteiger partial charge < -0.3 is 10.2 Å². The number of nitrogens with one attached hydrogen (secondary N) is 1. The monoisotopic (exact) mass is 623 g/mol. The molecule has 0 heterocycles. The van der Waals surface area contributed by atoms with E-state index in [4.69, 9.17) is 23.2 Å². The van der Waals surface area contributed by atoms with Crippen LogP contribution in [0.5, 0.6) is 0 Å². The molecule has 0 aliphatic heterocycles. The van der Waals surface area contributed by atoms with E-state index in [0.717, 1.165) is 9.87 Å². The number of rotatable bonds is 12. The third-order valence-corrected chi connectivity index (χ3v) is 9.11. The Morgan fingerprint density at radius 1 is 0.786 bits per heavy atom. The lowest BCUT2D eigenvalue weighted by Crippen LogP contribution is -2.53. The van der Waals surface area contributed by atoms with Gasteiger partial charge in [0.05, 0.1) is 15.6 Å². The Morgan fingerprint density at radius 2 is 1.36 bits per heavy atom. The highest BCUT2D eigenvalue weighted by atomic mass is 35.5. The van der Waals surface area contributed by atoms with E-state index in [0.29, 0.717) is 17.1 Å². The lowest BCUT2D eigenvalue weighted by atomic mass is 10.0. The molecule has 0 fully saturated rings. The normalized spacial score (nSPS) is 11.9. The molecule has 0 saturated heterocycles. The number of amides is 2. The largest absolute Gasteiger partial charge is 0.355 e. The first-order valence-corrected chi connectivity index (χ1v) is 15.6. The van der Waals surface area contributed by atoms with Crippen molar-refractivity contribution in [2.45, 2.75) is 30.8 Å². The first kappa shape index (κ1) is 31.1. The van der Waals surface area contributed by atoms with Crippen LogP contribution in [0.25, 0.3) is 0 Å². The van der Waals surface area contributed by atoms with E-state index in [1.807, 2.05) is 30.3 Å². The molecule has 42 heavy (non-hydrogen) atoms. The van der Waals surface area contributed by atoms with Gasteiger partial charge in [0.15, 0.2) is 0 Å². The third kappa shape index (κ3) is 7.50. The van der Waals surface area contributed by atoms with Crippen molar-refractivity contribution in [2.75, 3.05) is 17.4 Å². The van der Waals surface area contributed by atoms with Gasteiger partial charge in [-0.1, -0.05) is 102 Å². The predicted octanol–water partition coefficient (Wildman–Crippen LogP) is 5.96. The summed E-state index contributed by atoms with van der Waals surface area (Å²) in [6.45, 7) is 1.53. The van der Waals surface area contributed by atoms with Crippen molar-refractivity contribution in [1.82, 2.24) is 10.2 Å². The van der Waals surface area contributed by atoms with Crippen LogP contribution >= 0.6 is 23.2 Å². The SMILES string of the molecule is CCNC(=O)[C@H](Cc1ccccc1)N(Cc1ccccc1Cl)C(=O)CN(c1ccccc1Cl)S(=O)(=O)c1ccccc1. The Kier molecular flexibility index (Phi) is 10.6. The van der Waals surface area contributed by atoms with Gasteiger partial charge in [-0.25, -0.2) is 8.42 Å². The summed E-state index contributed by atoms with van der Waals surface area (Å²) in [5.74, 6) is -0.960. The molecular weight excluding hydrogens is 593 g/mol. The van der Waals surface area contributed by atoms with E-state index in [2.05, 4.69) is 5.32 Å². The summed E-state index contributed by atoms with van der Waals surface area (Å²) in [6.07, 6.45) is 0.209. The lowest BCUT2D eigenvalue weighted by molar-refractivity contribution is -0.140. The minimum Gasteiger partial charge on any atom is -0.355 e. The minimum atomic E-state index is -4.23. The lowest BCUT2D eigenvalue weighted by Gasteiger charge is -2.34. The molecular formula is C32H31Cl2N3O4S. The highest BCUT2D eigenvalue weighted by Crippen LogP contribution is 2.31. The molecule has 0 aliphatic rings. The van der Waals surface area contributed by atoms with E-state index < -0.39 is 28.5 Å². The number of sulfonamides is 1. The molecule has 0 saturated carbocycles. The summed E-state index contributed by atoms with van der Waals surface area (Å²) in [5.41, 5.74) is 1.60. The highest BCUT2D eigenvalue weighted by Gasteiger charge is 2.35. The van der Waals surface area contributed by atoms with Gasteiger partial charge in [-0.05, 0) is 48.4 Å². The van der Waals surface area contributed by atoms with Crippen molar-refractivity contribution in [3.63, 3.8) is 0 Å². The maximum Gasteiger partial charge on any atom is 0.264 e. The van der Waals surface area contributed by atoms with Gasteiger partial charge in [-0.3, -0.25) is 13.9 Å². The van der Waals surface area contributed by atoms with Gasteiger partial charge in [0, 0.05) is 24.5 Å². The van der Waals surface area contributed by atoms with Crippen LogP contribution in [-0.4, -0.2) is 44.3 Å². The van der Waals surface area contributed by atoms with Gasteiger partial charge in [0.2, 0.25) is 11.8 Å². The number of para-hydroxylation sites is 1. The van der Waals surface area contributed by atoms with Crippen molar-refractivity contribution in [1.29, 1.82) is 0 Å². The smallest absolute Gasteiger partial charge is 0.264 e. The summed E-state index contributed by atoms with van der Waals surface area (Å²) in [5, 5.41) is 3.41. The highest BCUT2D eigenvalue weighted by molar-refractivity contribution is 7.92. The van der Waals surface area contributed by atoms with E-state index in [-0.39, 0.29) is 34.5 Å². The summed E-state index contributed by atoms with van der Waals surface area (Å²) in [7, 11) is -4.23. The first-order chi connectivity index (χ1) is 20.2. The predicted molar refractivity (Wildman–Crippen MR) is 167 cm³/mol. The molecule has 4 aromatic rings. The second kappa shape index (κ2) is 14.4. The zero-order valence-electron chi connectivity index (χ0n) is 23.0. The van der Waals surface area contributed by atoms with E-state index in [1.54, 1.807) is 73.7 Å². The number of carbonyl (C=O) groups is 2. The maximum absolute atomic E-state index is 14.3. The van der Waals surface area contributed by atoms with Gasteiger partial charge in [0.25, 0.3) is 10.0 Å². The summed E-state index contributed by atoms with van der Waals surface area (Å²) >= 11 is 13.0. The third-order valence-electron chi connectivity index (χ3n) is 6.65. The van der Waals surface area contributed by atoms with Crippen LogP contribution in [-0.2, 0) is 32.6 Å². The molecule has 1 atom stereocenters. The summed E-state index contributed by atoms with van der Waals surface area (Å²) in [6, 6.07) is 29.7. The fourth-order valence-corrected chi connectivity index (χ4v) is 6.48. The molecule has 10 heteroatoms. The number of carbonyl (C=O) groups excluding carboxylic acids is 2. The zero-order chi connectivity index (χ0) is 30.1. The molecule has 4 rings (SSSR count). The molecule has 0 spiro atoms. The topological polar surface area (TPSA) is 86.8 Å². The van der Waals surface area contributed by atoms with Gasteiger partial charge in [-0.15, -0.1) is 0 Å². The molecule has 1 N–H and O–H groups in total. The van der Waals surface area contributed by atoms with Crippen LogP contribution in [0.2, 0.25) is 10.0 Å². The Bertz CT molecular complexity index is 1620. The average Bonchev–Trinajstić information content (AvgIpc) is 3.00. The van der Waals surface area contributed by atoms with Gasteiger partial charge in [-0.2, -0.15) is 0 Å². The van der Waals surface area contributed by atoms with Crippen LogP contribution in [0, 0.1) is 0 Å². The molecule has 0 radical (unpaired) electrons. The minimum absolute atomic E-state index is 0.0000601. The van der Waals surface area contributed by atoms with Gasteiger partial charge in [0.1, 0.15) is 12.6 Å². The Labute approximate surface area is 256 Å². The molecule has 0 bridgehead atoms. The number of benzene rings is 4. The molecule has 0 aromatic heterocycles. The second-order valence-corrected chi connectivity index (χ2v) is 12.2. The Morgan fingerprint density at radius 3 is 1.98 bits per heavy atom. The molecule has 2 amide bonds. The van der Waals surface area contributed by atoms with Crippen LogP contribution in [0.3, 0.4) is 0 Å².